The summed E-state index contributed by atoms with van der Waals surface area (Å²) in [6, 6.07) is 15.5. The summed E-state index contributed by atoms with van der Waals surface area (Å²) in [7, 11) is 3.20. The first-order valence-electron chi connectivity index (χ1n) is 10.1. The van der Waals surface area contributed by atoms with Crippen LogP contribution in [-0.4, -0.2) is 35.0 Å². The fourth-order valence-electron chi connectivity index (χ4n) is 3.24. The highest BCUT2D eigenvalue weighted by atomic mass is 32.1. The van der Waals surface area contributed by atoms with E-state index < -0.39 is 0 Å². The summed E-state index contributed by atoms with van der Waals surface area (Å²) in [4.78, 5) is 16.8. The van der Waals surface area contributed by atoms with E-state index in [0.29, 0.717) is 23.6 Å². The standard InChI is InChI=1S/C24H23N3O4S/c1-29-21-10-6-9-20(23(21)30-2)24-26-18(16-32-24)15-31-22(28)12-11-17-13-25-27(14-17)19-7-4-3-5-8-19/h3-10,13-14,16H,11-12,15H2,1-2H3. The third kappa shape index (κ3) is 4.97. The van der Waals surface area contributed by atoms with Crippen molar-refractivity contribution in [1.82, 2.24) is 14.8 Å². The first kappa shape index (κ1) is 21.6. The zero-order valence-corrected chi connectivity index (χ0v) is 18.7. The normalized spacial score (nSPS) is 10.7. The van der Waals surface area contributed by atoms with Crippen LogP contribution in [0.3, 0.4) is 0 Å². The maximum absolute atomic E-state index is 12.2. The molecule has 4 aromatic rings. The topological polar surface area (TPSA) is 75.5 Å². The van der Waals surface area contributed by atoms with Gasteiger partial charge in [-0.05, 0) is 36.2 Å². The van der Waals surface area contributed by atoms with E-state index in [-0.39, 0.29) is 19.0 Å². The summed E-state index contributed by atoms with van der Waals surface area (Å²) >= 11 is 1.46. The van der Waals surface area contributed by atoms with Gasteiger partial charge < -0.3 is 14.2 Å². The Kier molecular flexibility index (Phi) is 6.81. The van der Waals surface area contributed by atoms with Crippen molar-refractivity contribution in [2.45, 2.75) is 19.4 Å². The van der Waals surface area contributed by atoms with Crippen LogP contribution in [0.25, 0.3) is 16.3 Å². The number of aromatic nitrogens is 3. The van der Waals surface area contributed by atoms with Gasteiger partial charge in [0.05, 0.1) is 37.4 Å². The van der Waals surface area contributed by atoms with E-state index in [1.807, 2.05) is 60.1 Å². The quantitative estimate of drug-likeness (QED) is 0.345. The Morgan fingerprint density at radius 2 is 1.91 bits per heavy atom. The molecule has 2 aromatic carbocycles. The minimum atomic E-state index is -0.272. The van der Waals surface area contributed by atoms with Crippen LogP contribution >= 0.6 is 11.3 Å². The zero-order valence-electron chi connectivity index (χ0n) is 17.9. The molecule has 0 spiro atoms. The van der Waals surface area contributed by atoms with Crippen molar-refractivity contribution >= 4 is 17.3 Å². The molecule has 0 aliphatic heterocycles. The average molecular weight is 450 g/mol. The van der Waals surface area contributed by atoms with E-state index in [1.54, 1.807) is 25.1 Å². The SMILES string of the molecule is COc1cccc(-c2nc(COC(=O)CCc3cnn(-c4ccccc4)c3)cs2)c1OC. The van der Waals surface area contributed by atoms with Gasteiger partial charge in [-0.25, -0.2) is 9.67 Å². The summed E-state index contributed by atoms with van der Waals surface area (Å²) in [6.07, 6.45) is 4.54. The van der Waals surface area contributed by atoms with Crippen molar-refractivity contribution in [3.8, 4) is 27.8 Å². The van der Waals surface area contributed by atoms with Crippen LogP contribution in [0, 0.1) is 0 Å². The predicted octanol–water partition coefficient (Wildman–Crippen LogP) is 4.69. The lowest BCUT2D eigenvalue weighted by Crippen LogP contribution is -2.06. The van der Waals surface area contributed by atoms with Gasteiger partial charge in [0.15, 0.2) is 11.5 Å². The summed E-state index contributed by atoms with van der Waals surface area (Å²) in [6.45, 7) is 0.130. The van der Waals surface area contributed by atoms with Crippen LogP contribution in [0.15, 0.2) is 66.3 Å². The van der Waals surface area contributed by atoms with E-state index in [2.05, 4.69) is 10.1 Å². The number of carbonyl (C=O) groups is 1. The molecule has 7 nitrogen and oxygen atoms in total. The number of ether oxygens (including phenoxy) is 3. The van der Waals surface area contributed by atoms with E-state index in [0.717, 1.165) is 21.8 Å². The van der Waals surface area contributed by atoms with Crippen molar-refractivity contribution < 1.29 is 19.0 Å². The molecule has 0 saturated heterocycles. The maximum Gasteiger partial charge on any atom is 0.306 e. The molecule has 0 fully saturated rings. The summed E-state index contributed by atoms with van der Waals surface area (Å²) in [5.74, 6) is 0.999. The second-order valence-electron chi connectivity index (χ2n) is 6.97. The van der Waals surface area contributed by atoms with Gasteiger partial charge >= 0.3 is 5.97 Å². The molecule has 0 saturated carbocycles. The molecule has 0 unspecified atom stereocenters. The van der Waals surface area contributed by atoms with Crippen molar-refractivity contribution in [2.75, 3.05) is 14.2 Å². The molecule has 0 aliphatic rings. The van der Waals surface area contributed by atoms with Gasteiger partial charge in [0.2, 0.25) is 0 Å². The Balaban J connectivity index is 1.31. The molecular formula is C24H23N3O4S. The molecule has 8 heteroatoms. The number of nitrogens with zero attached hydrogens (tertiary/aromatic N) is 3. The highest BCUT2D eigenvalue weighted by Crippen LogP contribution is 2.39. The number of benzene rings is 2. The third-order valence-corrected chi connectivity index (χ3v) is 5.77. The van der Waals surface area contributed by atoms with E-state index >= 15 is 0 Å². The van der Waals surface area contributed by atoms with Gasteiger partial charge in [0.1, 0.15) is 11.6 Å². The largest absolute Gasteiger partial charge is 0.493 e. The number of methoxy groups -OCH3 is 2. The van der Waals surface area contributed by atoms with Crippen molar-refractivity contribution in [1.29, 1.82) is 0 Å². The maximum atomic E-state index is 12.2. The van der Waals surface area contributed by atoms with Crippen molar-refractivity contribution in [2.24, 2.45) is 0 Å². The first-order valence-corrected chi connectivity index (χ1v) is 11.0. The summed E-state index contributed by atoms with van der Waals surface area (Å²) in [5, 5.41) is 7.01. The first-order chi connectivity index (χ1) is 15.7. The van der Waals surface area contributed by atoms with Gasteiger partial charge in [-0.1, -0.05) is 24.3 Å². The van der Waals surface area contributed by atoms with Crippen molar-refractivity contribution in [3.63, 3.8) is 0 Å². The van der Waals surface area contributed by atoms with Gasteiger partial charge in [-0.15, -0.1) is 11.3 Å². The molecule has 164 valence electrons. The number of hydrogen-bond donors (Lipinski definition) is 0. The Hall–Kier alpha value is -3.65. The molecule has 0 aliphatic carbocycles. The minimum Gasteiger partial charge on any atom is -0.493 e. The third-order valence-electron chi connectivity index (χ3n) is 4.84. The smallest absolute Gasteiger partial charge is 0.306 e. The monoisotopic (exact) mass is 449 g/mol. The summed E-state index contributed by atoms with van der Waals surface area (Å²) in [5.41, 5.74) is 3.49. The van der Waals surface area contributed by atoms with Crippen LogP contribution in [0.5, 0.6) is 11.5 Å². The highest BCUT2D eigenvalue weighted by molar-refractivity contribution is 7.13. The molecule has 0 radical (unpaired) electrons. The highest BCUT2D eigenvalue weighted by Gasteiger charge is 2.15. The number of para-hydroxylation sites is 2. The lowest BCUT2D eigenvalue weighted by atomic mass is 10.2. The molecule has 0 N–H and O–H groups in total. The van der Waals surface area contributed by atoms with Gasteiger partial charge in [0.25, 0.3) is 0 Å². The lowest BCUT2D eigenvalue weighted by Gasteiger charge is -2.10. The van der Waals surface area contributed by atoms with Crippen LogP contribution in [0.4, 0.5) is 0 Å². The predicted molar refractivity (Wildman–Crippen MR) is 122 cm³/mol. The fraction of sp³-hybridized carbons (Fsp3) is 0.208. The molecule has 0 bridgehead atoms. The molecular weight excluding hydrogens is 426 g/mol. The van der Waals surface area contributed by atoms with Gasteiger partial charge in [-0.2, -0.15) is 5.10 Å². The Morgan fingerprint density at radius 1 is 1.06 bits per heavy atom. The van der Waals surface area contributed by atoms with Crippen LogP contribution in [-0.2, 0) is 22.6 Å². The molecule has 4 rings (SSSR count). The molecule has 2 aromatic heterocycles. The molecule has 0 atom stereocenters. The number of esters is 1. The lowest BCUT2D eigenvalue weighted by molar-refractivity contribution is -0.145. The second-order valence-corrected chi connectivity index (χ2v) is 7.83. The Labute approximate surface area is 190 Å². The van der Waals surface area contributed by atoms with Gasteiger partial charge in [0, 0.05) is 18.0 Å². The van der Waals surface area contributed by atoms with Gasteiger partial charge in [-0.3, -0.25) is 4.79 Å². The molecule has 0 amide bonds. The number of hydrogen-bond acceptors (Lipinski definition) is 7. The average Bonchev–Trinajstić information content (AvgIpc) is 3.51. The minimum absolute atomic E-state index is 0.130. The van der Waals surface area contributed by atoms with Crippen LogP contribution in [0.1, 0.15) is 17.7 Å². The van der Waals surface area contributed by atoms with Crippen LogP contribution in [0.2, 0.25) is 0 Å². The molecule has 32 heavy (non-hydrogen) atoms. The number of rotatable bonds is 9. The second kappa shape index (κ2) is 10.1. The van der Waals surface area contributed by atoms with E-state index in [1.165, 1.54) is 11.3 Å². The fourth-order valence-corrected chi connectivity index (χ4v) is 4.06. The van der Waals surface area contributed by atoms with E-state index in [9.17, 15) is 4.79 Å². The van der Waals surface area contributed by atoms with Crippen LogP contribution < -0.4 is 9.47 Å². The molecule has 2 heterocycles. The number of carbonyl (C=O) groups excluding carboxylic acids is 1. The number of thiazole rings is 1. The van der Waals surface area contributed by atoms with Crippen molar-refractivity contribution in [3.05, 3.63) is 77.6 Å². The van der Waals surface area contributed by atoms with E-state index in [4.69, 9.17) is 14.2 Å². The Morgan fingerprint density at radius 3 is 2.69 bits per heavy atom. The number of aryl methyl sites for hydroxylation is 1. The Bertz CT molecular complexity index is 1190. The summed E-state index contributed by atoms with van der Waals surface area (Å²) < 4.78 is 18.0. The zero-order chi connectivity index (χ0) is 22.3.